The fourth-order valence-corrected chi connectivity index (χ4v) is 2.71. The first-order valence-corrected chi connectivity index (χ1v) is 8.96. The molecule has 9 heteroatoms. The van der Waals surface area contributed by atoms with Gasteiger partial charge in [0.1, 0.15) is 17.4 Å². The third-order valence-corrected chi connectivity index (χ3v) is 4.18. The van der Waals surface area contributed by atoms with Gasteiger partial charge in [-0.1, -0.05) is 30.3 Å². The van der Waals surface area contributed by atoms with Gasteiger partial charge >= 0.3 is 0 Å². The summed E-state index contributed by atoms with van der Waals surface area (Å²) in [7, 11) is 0. The first kappa shape index (κ1) is 20.7. The van der Waals surface area contributed by atoms with Crippen LogP contribution in [-0.2, 0) is 0 Å². The Hall–Kier alpha value is -4.06. The Morgan fingerprint density at radius 2 is 2.03 bits per heavy atom. The highest BCUT2D eigenvalue weighted by molar-refractivity contribution is 5.81. The van der Waals surface area contributed by atoms with E-state index in [1.165, 1.54) is 13.0 Å². The van der Waals surface area contributed by atoms with Gasteiger partial charge in [-0.15, -0.1) is 0 Å². The predicted molar refractivity (Wildman–Crippen MR) is 108 cm³/mol. The third-order valence-electron chi connectivity index (χ3n) is 4.18. The number of aromatic amines is 1. The number of hydrogen-bond donors (Lipinski definition) is 2. The van der Waals surface area contributed by atoms with Crippen LogP contribution in [0.15, 0.2) is 46.3 Å². The minimum Gasteiger partial charge on any atom is -0.493 e. The summed E-state index contributed by atoms with van der Waals surface area (Å²) in [6.45, 7) is 3.44. The van der Waals surface area contributed by atoms with Crippen LogP contribution in [0.4, 0.5) is 14.7 Å². The van der Waals surface area contributed by atoms with Gasteiger partial charge in [-0.25, -0.2) is 19.2 Å². The SMILES string of the molecule is CCOc1cc(C=NNc2nc(-c3ccccc3)c(C#N)c(=O)[nH]2)c(F)c(F)c1C. The molecule has 0 aliphatic carbocycles. The van der Waals surface area contributed by atoms with E-state index in [0.29, 0.717) is 12.2 Å². The minimum atomic E-state index is -1.08. The van der Waals surface area contributed by atoms with E-state index >= 15 is 0 Å². The maximum atomic E-state index is 14.2. The van der Waals surface area contributed by atoms with Gasteiger partial charge in [-0.05, 0) is 19.9 Å². The fourth-order valence-electron chi connectivity index (χ4n) is 2.71. The number of nitrogens with zero attached hydrogens (tertiary/aromatic N) is 3. The van der Waals surface area contributed by atoms with Crippen LogP contribution in [0.1, 0.15) is 23.6 Å². The van der Waals surface area contributed by atoms with Gasteiger partial charge < -0.3 is 4.74 Å². The van der Waals surface area contributed by atoms with E-state index in [1.807, 2.05) is 6.07 Å². The number of H-pyrrole nitrogens is 1. The molecule has 3 rings (SSSR count). The fraction of sp³-hybridized carbons (Fsp3) is 0.143. The molecule has 0 fully saturated rings. The van der Waals surface area contributed by atoms with Crippen LogP contribution >= 0.6 is 0 Å². The Kier molecular flexibility index (Phi) is 6.17. The van der Waals surface area contributed by atoms with E-state index in [9.17, 15) is 18.8 Å². The maximum Gasteiger partial charge on any atom is 0.270 e. The molecular formula is C21H17F2N5O2. The van der Waals surface area contributed by atoms with Crippen LogP contribution in [0.5, 0.6) is 5.75 Å². The van der Waals surface area contributed by atoms with E-state index in [-0.39, 0.29) is 34.1 Å². The van der Waals surface area contributed by atoms with Crippen LogP contribution in [0, 0.1) is 29.9 Å². The normalized spacial score (nSPS) is 10.8. The molecule has 0 aliphatic heterocycles. The van der Waals surface area contributed by atoms with Gasteiger partial charge in [0.15, 0.2) is 11.6 Å². The van der Waals surface area contributed by atoms with Crippen LogP contribution in [0.3, 0.4) is 0 Å². The van der Waals surface area contributed by atoms with Crippen molar-refractivity contribution in [1.82, 2.24) is 9.97 Å². The van der Waals surface area contributed by atoms with Crippen molar-refractivity contribution in [1.29, 1.82) is 5.26 Å². The molecule has 0 amide bonds. The summed E-state index contributed by atoms with van der Waals surface area (Å²) in [6.07, 6.45) is 1.04. The molecule has 0 atom stereocenters. The molecule has 0 radical (unpaired) electrons. The summed E-state index contributed by atoms with van der Waals surface area (Å²) in [5.74, 6) is -1.97. The molecule has 0 saturated heterocycles. The second-order valence-corrected chi connectivity index (χ2v) is 6.14. The van der Waals surface area contributed by atoms with Crippen molar-refractivity contribution in [3.63, 3.8) is 0 Å². The van der Waals surface area contributed by atoms with Crippen molar-refractivity contribution in [2.75, 3.05) is 12.0 Å². The molecule has 2 aromatic carbocycles. The topological polar surface area (TPSA) is 103 Å². The zero-order valence-corrected chi connectivity index (χ0v) is 16.2. The van der Waals surface area contributed by atoms with Crippen LogP contribution < -0.4 is 15.7 Å². The number of hydrazone groups is 1. The average Bonchev–Trinajstić information content (AvgIpc) is 2.75. The largest absolute Gasteiger partial charge is 0.493 e. The zero-order valence-electron chi connectivity index (χ0n) is 16.2. The maximum absolute atomic E-state index is 14.2. The molecule has 1 aromatic heterocycles. The second kappa shape index (κ2) is 8.96. The van der Waals surface area contributed by atoms with Crippen molar-refractivity contribution < 1.29 is 13.5 Å². The summed E-state index contributed by atoms with van der Waals surface area (Å²) >= 11 is 0. The van der Waals surface area contributed by atoms with Crippen molar-refractivity contribution >= 4 is 12.2 Å². The van der Waals surface area contributed by atoms with Gasteiger partial charge in [-0.2, -0.15) is 10.4 Å². The van der Waals surface area contributed by atoms with Crippen molar-refractivity contribution in [2.24, 2.45) is 5.10 Å². The molecule has 0 spiro atoms. The van der Waals surface area contributed by atoms with Gasteiger partial charge in [0.2, 0.25) is 5.95 Å². The molecule has 3 aromatic rings. The lowest BCUT2D eigenvalue weighted by molar-refractivity contribution is 0.333. The number of hydrogen-bond acceptors (Lipinski definition) is 6. The molecule has 30 heavy (non-hydrogen) atoms. The molecule has 1 heterocycles. The number of aromatic nitrogens is 2. The van der Waals surface area contributed by atoms with Crippen LogP contribution in [0.25, 0.3) is 11.3 Å². The summed E-state index contributed by atoms with van der Waals surface area (Å²) in [5, 5.41) is 13.1. The summed E-state index contributed by atoms with van der Waals surface area (Å²) in [6, 6.07) is 11.8. The average molecular weight is 409 g/mol. The first-order chi connectivity index (χ1) is 14.5. The predicted octanol–water partition coefficient (Wildman–Crippen LogP) is 3.74. The molecule has 7 nitrogen and oxygen atoms in total. The van der Waals surface area contributed by atoms with Crippen LogP contribution in [0.2, 0.25) is 0 Å². The lowest BCUT2D eigenvalue weighted by Gasteiger charge is -2.10. The summed E-state index contributed by atoms with van der Waals surface area (Å²) in [4.78, 5) is 18.8. The highest BCUT2D eigenvalue weighted by atomic mass is 19.2. The smallest absolute Gasteiger partial charge is 0.270 e. The lowest BCUT2D eigenvalue weighted by atomic mass is 10.1. The van der Waals surface area contributed by atoms with Gasteiger partial charge in [-0.3, -0.25) is 9.78 Å². The van der Waals surface area contributed by atoms with Gasteiger partial charge in [0, 0.05) is 16.7 Å². The summed E-state index contributed by atoms with van der Waals surface area (Å²) in [5.41, 5.74) is 2.32. The molecule has 0 bridgehead atoms. The monoisotopic (exact) mass is 409 g/mol. The molecular weight excluding hydrogens is 392 g/mol. The van der Waals surface area contributed by atoms with Crippen molar-refractivity contribution in [2.45, 2.75) is 13.8 Å². The van der Waals surface area contributed by atoms with E-state index in [4.69, 9.17) is 4.74 Å². The van der Waals surface area contributed by atoms with E-state index < -0.39 is 17.2 Å². The molecule has 0 aliphatic rings. The number of nitrogens with one attached hydrogen (secondary N) is 2. The Bertz CT molecular complexity index is 1200. The first-order valence-electron chi connectivity index (χ1n) is 8.96. The number of anilines is 1. The van der Waals surface area contributed by atoms with E-state index in [2.05, 4.69) is 20.5 Å². The molecule has 0 unspecified atom stereocenters. The third kappa shape index (κ3) is 4.17. The number of rotatable bonds is 6. The van der Waals surface area contributed by atoms with E-state index in [1.54, 1.807) is 37.3 Å². The lowest BCUT2D eigenvalue weighted by Crippen LogP contribution is -2.16. The molecule has 0 saturated carbocycles. The number of nitriles is 1. The number of benzene rings is 2. The standard InChI is InChI=1S/C21H17F2N5O2/c1-3-30-16-9-14(18(23)17(22)12(16)2)11-25-28-21-26-19(13-7-5-4-6-8-13)15(10-24)20(29)27-21/h4-9,11H,3H2,1-2H3,(H2,26,27,28,29). The highest BCUT2D eigenvalue weighted by Gasteiger charge is 2.16. The highest BCUT2D eigenvalue weighted by Crippen LogP contribution is 2.25. The number of halogens is 2. The summed E-state index contributed by atoms with van der Waals surface area (Å²) < 4.78 is 33.6. The van der Waals surface area contributed by atoms with Crippen molar-refractivity contribution in [3.05, 3.63) is 75.1 Å². The van der Waals surface area contributed by atoms with Crippen molar-refractivity contribution in [3.8, 4) is 23.1 Å². The Balaban J connectivity index is 1.93. The molecule has 152 valence electrons. The number of ether oxygens (including phenoxy) is 1. The second-order valence-electron chi connectivity index (χ2n) is 6.14. The Morgan fingerprint density at radius 3 is 2.70 bits per heavy atom. The van der Waals surface area contributed by atoms with Gasteiger partial charge in [0.25, 0.3) is 5.56 Å². The molecule has 2 N–H and O–H groups in total. The van der Waals surface area contributed by atoms with Crippen LogP contribution in [-0.4, -0.2) is 22.8 Å². The quantitative estimate of drug-likeness (QED) is 0.477. The minimum absolute atomic E-state index is 0.0602. The zero-order chi connectivity index (χ0) is 21.7. The Morgan fingerprint density at radius 1 is 1.30 bits per heavy atom. The van der Waals surface area contributed by atoms with E-state index in [0.717, 1.165) is 6.21 Å². The van der Waals surface area contributed by atoms with Gasteiger partial charge in [0.05, 0.1) is 18.5 Å². The Labute approximate surface area is 170 Å².